The molecule has 1 unspecified atom stereocenters. The van der Waals surface area contributed by atoms with Crippen molar-refractivity contribution in [2.45, 2.75) is 25.9 Å². The third kappa shape index (κ3) is 6.25. The maximum absolute atomic E-state index is 13.5. The maximum atomic E-state index is 13.5. The third-order valence-electron chi connectivity index (χ3n) is 5.73. The van der Waals surface area contributed by atoms with Gasteiger partial charge in [0, 0.05) is 23.5 Å². The first kappa shape index (κ1) is 24.4. The molecule has 2 N–H and O–H groups in total. The quantitative estimate of drug-likeness (QED) is 0.345. The van der Waals surface area contributed by atoms with E-state index in [9.17, 15) is 9.59 Å². The molecule has 0 aliphatic carbocycles. The van der Waals surface area contributed by atoms with Crippen molar-refractivity contribution in [1.82, 2.24) is 20.4 Å². The Bertz CT molecular complexity index is 1320. The zero-order chi connectivity index (χ0) is 24.8. The van der Waals surface area contributed by atoms with Gasteiger partial charge in [0.2, 0.25) is 5.91 Å². The highest BCUT2D eigenvalue weighted by molar-refractivity contribution is 9.10. The summed E-state index contributed by atoms with van der Waals surface area (Å²) in [5.74, 6) is -0.610. The first-order chi connectivity index (χ1) is 16.9. The fourth-order valence-corrected chi connectivity index (χ4v) is 4.30. The predicted molar refractivity (Wildman–Crippen MR) is 141 cm³/mol. The van der Waals surface area contributed by atoms with Crippen molar-refractivity contribution in [3.63, 3.8) is 0 Å². The summed E-state index contributed by atoms with van der Waals surface area (Å²) in [4.78, 5) is 26.1. The van der Waals surface area contributed by atoms with Crippen LogP contribution in [0.3, 0.4) is 0 Å². The Morgan fingerprint density at radius 3 is 2.34 bits per heavy atom. The van der Waals surface area contributed by atoms with Gasteiger partial charge in [-0.25, -0.2) is 0 Å². The van der Waals surface area contributed by atoms with Crippen molar-refractivity contribution in [3.05, 3.63) is 112 Å². The molecule has 0 bridgehead atoms. The minimum absolute atomic E-state index is 0.258. The molecule has 35 heavy (non-hydrogen) atoms. The molecule has 0 spiro atoms. The molecule has 4 aromatic rings. The van der Waals surface area contributed by atoms with Crippen molar-refractivity contribution < 1.29 is 9.59 Å². The summed E-state index contributed by atoms with van der Waals surface area (Å²) in [6, 6.07) is 26.6. The Kier molecular flexibility index (Phi) is 7.77. The molecule has 178 valence electrons. The zero-order valence-corrected chi connectivity index (χ0v) is 21.2. The minimum Gasteiger partial charge on any atom is -0.357 e. The Morgan fingerprint density at radius 2 is 1.66 bits per heavy atom. The minimum atomic E-state index is -0.732. The smallest absolute Gasteiger partial charge is 0.270 e. The van der Waals surface area contributed by atoms with Crippen molar-refractivity contribution in [3.8, 4) is 11.3 Å². The number of amides is 2. The Balaban J connectivity index is 1.65. The van der Waals surface area contributed by atoms with E-state index in [0.717, 1.165) is 26.7 Å². The topological polar surface area (TPSA) is 76.0 Å². The van der Waals surface area contributed by atoms with E-state index in [-0.39, 0.29) is 11.8 Å². The van der Waals surface area contributed by atoms with Crippen LogP contribution in [0.5, 0.6) is 0 Å². The Labute approximate surface area is 213 Å². The standard InChI is InChI=1S/C28H27BrN4O2/c1-19-11-13-22(14-12-19)24-17-26(33(32-24)18-20-7-4-3-5-8-20)28(35)31-25(27(34)30-2)16-21-9-6-10-23(29)15-21/h3-15,17,25H,16,18H2,1-2H3,(H,30,34)(H,31,35). The van der Waals surface area contributed by atoms with E-state index in [4.69, 9.17) is 5.10 Å². The van der Waals surface area contributed by atoms with Gasteiger partial charge < -0.3 is 10.6 Å². The van der Waals surface area contributed by atoms with Crippen molar-refractivity contribution in [2.24, 2.45) is 0 Å². The van der Waals surface area contributed by atoms with Crippen LogP contribution in [-0.4, -0.2) is 34.7 Å². The molecular formula is C28H27BrN4O2. The average Bonchev–Trinajstić information content (AvgIpc) is 3.28. The van der Waals surface area contributed by atoms with Crippen LogP contribution in [0, 0.1) is 6.92 Å². The van der Waals surface area contributed by atoms with Gasteiger partial charge in [0.05, 0.1) is 12.2 Å². The number of hydrogen-bond acceptors (Lipinski definition) is 3. The number of aryl methyl sites for hydroxylation is 1. The van der Waals surface area contributed by atoms with Gasteiger partial charge in [-0.2, -0.15) is 5.10 Å². The van der Waals surface area contributed by atoms with E-state index in [1.165, 1.54) is 0 Å². The van der Waals surface area contributed by atoms with Crippen LogP contribution in [0.15, 0.2) is 89.4 Å². The summed E-state index contributed by atoms with van der Waals surface area (Å²) in [5, 5.41) is 10.3. The fourth-order valence-electron chi connectivity index (χ4n) is 3.86. The number of rotatable bonds is 8. The Morgan fingerprint density at radius 1 is 0.943 bits per heavy atom. The molecule has 7 heteroatoms. The van der Waals surface area contributed by atoms with Crippen LogP contribution in [-0.2, 0) is 17.8 Å². The number of benzene rings is 3. The van der Waals surface area contributed by atoms with E-state index in [0.29, 0.717) is 24.4 Å². The largest absolute Gasteiger partial charge is 0.357 e. The number of nitrogens with zero attached hydrogens (tertiary/aromatic N) is 2. The molecule has 1 aromatic heterocycles. The van der Waals surface area contributed by atoms with E-state index >= 15 is 0 Å². The monoisotopic (exact) mass is 530 g/mol. The molecule has 1 heterocycles. The predicted octanol–water partition coefficient (Wildman–Crippen LogP) is 4.76. The van der Waals surface area contributed by atoms with Gasteiger partial charge in [0.1, 0.15) is 11.7 Å². The lowest BCUT2D eigenvalue weighted by molar-refractivity contribution is -0.122. The summed E-state index contributed by atoms with van der Waals surface area (Å²) < 4.78 is 2.61. The second kappa shape index (κ2) is 11.1. The van der Waals surface area contributed by atoms with Crippen molar-refractivity contribution in [2.75, 3.05) is 7.05 Å². The van der Waals surface area contributed by atoms with E-state index in [1.807, 2.05) is 85.8 Å². The number of carbonyl (C=O) groups is 2. The molecule has 0 saturated carbocycles. The number of carbonyl (C=O) groups excluding carboxylic acids is 2. The highest BCUT2D eigenvalue weighted by atomic mass is 79.9. The van der Waals surface area contributed by atoms with Crippen LogP contribution in [0.2, 0.25) is 0 Å². The van der Waals surface area contributed by atoms with Gasteiger partial charge in [0.25, 0.3) is 5.91 Å². The van der Waals surface area contributed by atoms with Gasteiger partial charge in [-0.1, -0.05) is 88.2 Å². The first-order valence-electron chi connectivity index (χ1n) is 11.4. The molecule has 0 fully saturated rings. The fraction of sp³-hybridized carbons (Fsp3) is 0.179. The first-order valence-corrected chi connectivity index (χ1v) is 12.2. The summed E-state index contributed by atoms with van der Waals surface area (Å²) in [6.45, 7) is 2.46. The van der Waals surface area contributed by atoms with E-state index in [2.05, 4.69) is 26.6 Å². The third-order valence-corrected chi connectivity index (χ3v) is 6.23. The van der Waals surface area contributed by atoms with Gasteiger partial charge in [-0.15, -0.1) is 0 Å². The van der Waals surface area contributed by atoms with Gasteiger partial charge in [-0.05, 0) is 36.2 Å². The van der Waals surface area contributed by atoms with Crippen molar-refractivity contribution in [1.29, 1.82) is 0 Å². The highest BCUT2D eigenvalue weighted by Crippen LogP contribution is 2.21. The van der Waals surface area contributed by atoms with Gasteiger partial charge >= 0.3 is 0 Å². The molecular weight excluding hydrogens is 504 g/mol. The van der Waals surface area contributed by atoms with E-state index in [1.54, 1.807) is 17.8 Å². The van der Waals surface area contributed by atoms with Crippen LogP contribution in [0.1, 0.15) is 27.2 Å². The van der Waals surface area contributed by atoms with Crippen LogP contribution >= 0.6 is 15.9 Å². The molecule has 1 atom stereocenters. The average molecular weight is 531 g/mol. The molecule has 0 radical (unpaired) electrons. The summed E-state index contributed by atoms with van der Waals surface area (Å²) >= 11 is 3.46. The molecule has 2 amide bonds. The van der Waals surface area contributed by atoms with Gasteiger partial charge in [-0.3, -0.25) is 14.3 Å². The highest BCUT2D eigenvalue weighted by Gasteiger charge is 2.24. The summed E-state index contributed by atoms with van der Waals surface area (Å²) in [6.07, 6.45) is 0.364. The van der Waals surface area contributed by atoms with Crippen LogP contribution in [0.25, 0.3) is 11.3 Å². The lowest BCUT2D eigenvalue weighted by Crippen LogP contribution is -2.47. The van der Waals surface area contributed by atoms with Gasteiger partial charge in [0.15, 0.2) is 0 Å². The molecule has 0 saturated heterocycles. The molecule has 3 aromatic carbocycles. The molecule has 4 rings (SSSR count). The molecule has 0 aliphatic rings. The Hall–Kier alpha value is -3.71. The SMILES string of the molecule is CNC(=O)C(Cc1cccc(Br)c1)NC(=O)c1cc(-c2ccc(C)cc2)nn1Cc1ccccc1. The summed E-state index contributed by atoms with van der Waals surface area (Å²) in [7, 11) is 1.57. The normalized spacial score (nSPS) is 11.6. The maximum Gasteiger partial charge on any atom is 0.270 e. The number of aromatic nitrogens is 2. The number of nitrogens with one attached hydrogen (secondary N) is 2. The number of halogens is 1. The van der Waals surface area contributed by atoms with Crippen molar-refractivity contribution >= 4 is 27.7 Å². The van der Waals surface area contributed by atoms with Crippen LogP contribution in [0.4, 0.5) is 0 Å². The molecule has 0 aliphatic heterocycles. The second-order valence-corrected chi connectivity index (χ2v) is 9.31. The van der Waals surface area contributed by atoms with E-state index < -0.39 is 6.04 Å². The van der Waals surface area contributed by atoms with Crippen LogP contribution < -0.4 is 10.6 Å². The number of hydrogen-bond donors (Lipinski definition) is 2. The lowest BCUT2D eigenvalue weighted by atomic mass is 10.0. The zero-order valence-electron chi connectivity index (χ0n) is 19.7. The molecule has 6 nitrogen and oxygen atoms in total. The lowest BCUT2D eigenvalue weighted by Gasteiger charge is -2.18. The summed E-state index contributed by atoms with van der Waals surface area (Å²) in [5.41, 5.74) is 5.13. The second-order valence-electron chi connectivity index (χ2n) is 8.40. The number of likely N-dealkylation sites (N-methyl/N-ethyl adjacent to an activating group) is 1.